The van der Waals surface area contributed by atoms with E-state index < -0.39 is 0 Å². The molecule has 51 heavy (non-hydrogen) atoms. The molecule has 4 aromatic rings. The molecule has 0 radical (unpaired) electrons. The molecule has 0 bridgehead atoms. The van der Waals surface area contributed by atoms with E-state index in [9.17, 15) is 9.59 Å². The molecule has 9 nitrogen and oxygen atoms in total. The van der Waals surface area contributed by atoms with Crippen molar-refractivity contribution in [1.29, 1.82) is 0 Å². The van der Waals surface area contributed by atoms with Gasteiger partial charge in [-0.15, -0.1) is 0 Å². The summed E-state index contributed by atoms with van der Waals surface area (Å²) in [5, 5.41) is 0. The number of rotatable bonds is 14. The molecule has 1 aliphatic heterocycles. The SMILES string of the molecule is CCOc1cccc2c1-c1c(OCCN(CC)CC)cccc1C2=O.COc1cccc2c1-c1c(OCCCN3CCOCC3)cccc1C2=O. The average molecular weight is 693 g/mol. The first-order valence-corrected chi connectivity index (χ1v) is 18.1. The topological polar surface area (TPSA) is 86.8 Å². The van der Waals surface area contributed by atoms with Crippen molar-refractivity contribution in [2.75, 3.05) is 79.4 Å². The monoisotopic (exact) mass is 692 g/mol. The van der Waals surface area contributed by atoms with Gasteiger partial charge in [-0.25, -0.2) is 0 Å². The van der Waals surface area contributed by atoms with E-state index in [0.29, 0.717) is 47.8 Å². The van der Waals surface area contributed by atoms with Gasteiger partial charge in [0.25, 0.3) is 0 Å². The Labute approximate surface area is 301 Å². The molecule has 1 saturated heterocycles. The second-order valence-electron chi connectivity index (χ2n) is 12.5. The minimum Gasteiger partial charge on any atom is -0.496 e. The van der Waals surface area contributed by atoms with Gasteiger partial charge in [0.15, 0.2) is 11.6 Å². The van der Waals surface area contributed by atoms with Gasteiger partial charge in [0, 0.05) is 70.7 Å². The molecule has 0 spiro atoms. The Balaban J connectivity index is 0.000000176. The van der Waals surface area contributed by atoms with Crippen LogP contribution in [0.2, 0.25) is 0 Å². The maximum atomic E-state index is 12.8. The lowest BCUT2D eigenvalue weighted by Crippen LogP contribution is -2.37. The summed E-state index contributed by atoms with van der Waals surface area (Å²) in [4.78, 5) is 30.2. The van der Waals surface area contributed by atoms with Crippen LogP contribution in [0.5, 0.6) is 23.0 Å². The lowest BCUT2D eigenvalue weighted by atomic mass is 10.0. The number of hydrogen-bond acceptors (Lipinski definition) is 9. The highest BCUT2D eigenvalue weighted by atomic mass is 16.5. The summed E-state index contributed by atoms with van der Waals surface area (Å²) >= 11 is 0. The van der Waals surface area contributed by atoms with E-state index in [2.05, 4.69) is 23.6 Å². The summed E-state index contributed by atoms with van der Waals surface area (Å²) in [5.74, 6) is 3.03. The predicted molar refractivity (Wildman–Crippen MR) is 199 cm³/mol. The highest BCUT2D eigenvalue weighted by Gasteiger charge is 2.33. The molecule has 3 aliphatic rings. The van der Waals surface area contributed by atoms with Crippen LogP contribution in [-0.4, -0.2) is 101 Å². The minimum atomic E-state index is 0.0349. The van der Waals surface area contributed by atoms with Crippen LogP contribution >= 0.6 is 0 Å². The van der Waals surface area contributed by atoms with Crippen molar-refractivity contribution < 1.29 is 33.3 Å². The summed E-state index contributed by atoms with van der Waals surface area (Å²) in [5.41, 5.74) is 6.20. The maximum absolute atomic E-state index is 12.8. The highest BCUT2D eigenvalue weighted by Crippen LogP contribution is 2.48. The summed E-state index contributed by atoms with van der Waals surface area (Å²) in [6, 6.07) is 22.6. The molecule has 7 rings (SSSR count). The van der Waals surface area contributed by atoms with E-state index >= 15 is 0 Å². The van der Waals surface area contributed by atoms with Crippen LogP contribution in [0.4, 0.5) is 0 Å². The van der Waals surface area contributed by atoms with E-state index in [4.69, 9.17) is 23.7 Å². The lowest BCUT2D eigenvalue weighted by Gasteiger charge is -2.26. The summed E-state index contributed by atoms with van der Waals surface area (Å²) < 4.78 is 28.8. The molecule has 0 unspecified atom stereocenters. The van der Waals surface area contributed by atoms with Crippen LogP contribution in [0.25, 0.3) is 22.3 Å². The first kappa shape index (κ1) is 36.1. The molecule has 268 valence electrons. The molecule has 1 heterocycles. The quantitative estimate of drug-likeness (QED) is 0.112. The lowest BCUT2D eigenvalue weighted by molar-refractivity contribution is 0.0358. The summed E-state index contributed by atoms with van der Waals surface area (Å²) in [7, 11) is 1.63. The fourth-order valence-electron chi connectivity index (χ4n) is 7.01. The van der Waals surface area contributed by atoms with E-state index in [1.807, 2.05) is 79.7 Å². The van der Waals surface area contributed by atoms with Crippen molar-refractivity contribution >= 4 is 11.6 Å². The van der Waals surface area contributed by atoms with Crippen molar-refractivity contribution in [3.8, 4) is 45.3 Å². The molecule has 0 N–H and O–H groups in total. The number of hydrogen-bond donors (Lipinski definition) is 0. The predicted octanol–water partition coefficient (Wildman–Crippen LogP) is 7.03. The normalized spacial score (nSPS) is 14.3. The van der Waals surface area contributed by atoms with Gasteiger partial charge in [-0.3, -0.25) is 14.5 Å². The highest BCUT2D eigenvalue weighted by molar-refractivity contribution is 6.24. The third kappa shape index (κ3) is 7.66. The van der Waals surface area contributed by atoms with Crippen LogP contribution in [0.1, 0.15) is 59.0 Å². The van der Waals surface area contributed by atoms with E-state index in [1.54, 1.807) is 7.11 Å². The fraction of sp³-hybridized carbons (Fsp3) is 0.381. The van der Waals surface area contributed by atoms with E-state index in [-0.39, 0.29) is 11.6 Å². The first-order chi connectivity index (χ1) is 25.0. The van der Waals surface area contributed by atoms with Crippen LogP contribution in [-0.2, 0) is 4.74 Å². The van der Waals surface area contributed by atoms with Crippen molar-refractivity contribution in [3.05, 3.63) is 95.1 Å². The average Bonchev–Trinajstić information content (AvgIpc) is 3.64. The van der Waals surface area contributed by atoms with E-state index in [1.165, 1.54) is 0 Å². The van der Waals surface area contributed by atoms with Gasteiger partial charge in [-0.2, -0.15) is 0 Å². The number of benzene rings is 4. The van der Waals surface area contributed by atoms with Gasteiger partial charge >= 0.3 is 0 Å². The van der Waals surface area contributed by atoms with Crippen molar-refractivity contribution in [1.82, 2.24) is 9.80 Å². The Morgan fingerprint density at radius 1 is 0.627 bits per heavy atom. The molecule has 0 atom stereocenters. The molecule has 1 fully saturated rings. The van der Waals surface area contributed by atoms with Gasteiger partial charge < -0.3 is 28.6 Å². The molecule has 0 amide bonds. The summed E-state index contributed by atoms with van der Waals surface area (Å²) in [6.07, 6.45) is 0.941. The van der Waals surface area contributed by atoms with Crippen LogP contribution in [0.3, 0.4) is 0 Å². The Bertz CT molecular complexity index is 1850. The number of nitrogens with zero attached hydrogens (tertiary/aromatic N) is 2. The van der Waals surface area contributed by atoms with E-state index in [0.717, 1.165) is 98.4 Å². The standard InChI is InChI=1S/C21H23NO4.C21H25NO3/c1-24-17-7-2-5-15-19(17)20-16(21(15)23)6-3-8-18(20)26-12-4-9-22-10-13-25-14-11-22;1-4-22(5-2)13-14-25-18-12-8-10-16-20(18)19-15(21(16)23)9-7-11-17(19)24-6-3/h2-3,5-8H,4,9-14H2,1H3;7-12H,4-6,13-14H2,1-3H3. The largest absolute Gasteiger partial charge is 0.496 e. The molecule has 0 aromatic heterocycles. The number of fused-ring (bicyclic) bond motifs is 6. The number of carbonyl (C=O) groups is 2. The minimum absolute atomic E-state index is 0.0349. The molecule has 2 aliphatic carbocycles. The van der Waals surface area contributed by atoms with Crippen molar-refractivity contribution in [2.24, 2.45) is 0 Å². The Morgan fingerprint density at radius 3 is 1.55 bits per heavy atom. The molecular formula is C42H48N2O7. The zero-order valence-corrected chi connectivity index (χ0v) is 30.2. The van der Waals surface area contributed by atoms with Crippen molar-refractivity contribution in [2.45, 2.75) is 27.2 Å². The Kier molecular flexibility index (Phi) is 12.0. The second kappa shape index (κ2) is 17.0. The molecular weight excluding hydrogens is 644 g/mol. The smallest absolute Gasteiger partial charge is 0.194 e. The first-order valence-electron chi connectivity index (χ1n) is 18.1. The number of likely N-dealkylation sites (N-methyl/N-ethyl adjacent to an activating group) is 1. The van der Waals surface area contributed by atoms with Crippen LogP contribution < -0.4 is 18.9 Å². The van der Waals surface area contributed by atoms with Gasteiger partial charge in [0.05, 0.1) is 33.5 Å². The Hall–Kier alpha value is -4.70. The van der Waals surface area contributed by atoms with Crippen LogP contribution in [0.15, 0.2) is 72.8 Å². The number of methoxy groups -OCH3 is 1. The van der Waals surface area contributed by atoms with Gasteiger partial charge in [-0.1, -0.05) is 62.4 Å². The third-order valence-corrected chi connectivity index (χ3v) is 9.64. The van der Waals surface area contributed by atoms with Crippen molar-refractivity contribution in [3.63, 3.8) is 0 Å². The third-order valence-electron chi connectivity index (χ3n) is 9.64. The van der Waals surface area contributed by atoms with Gasteiger partial charge in [0.1, 0.15) is 29.6 Å². The number of ether oxygens (including phenoxy) is 5. The second-order valence-corrected chi connectivity index (χ2v) is 12.5. The Morgan fingerprint density at radius 2 is 1.08 bits per heavy atom. The maximum Gasteiger partial charge on any atom is 0.194 e. The van der Waals surface area contributed by atoms with Gasteiger partial charge in [0.2, 0.25) is 0 Å². The molecule has 4 aromatic carbocycles. The summed E-state index contributed by atoms with van der Waals surface area (Å²) in [6.45, 7) is 15.5. The van der Waals surface area contributed by atoms with Crippen LogP contribution in [0, 0.1) is 0 Å². The fourth-order valence-corrected chi connectivity index (χ4v) is 7.01. The van der Waals surface area contributed by atoms with Gasteiger partial charge in [-0.05, 0) is 50.7 Å². The number of carbonyl (C=O) groups excluding carboxylic acids is 2. The zero-order chi connectivity index (χ0) is 35.7. The molecule has 9 heteroatoms. The molecule has 0 saturated carbocycles. The number of ketones is 2. The zero-order valence-electron chi connectivity index (χ0n) is 30.2. The number of morpholine rings is 1.